The maximum absolute atomic E-state index is 13.4. The molecule has 0 saturated heterocycles. The van der Waals surface area contributed by atoms with Crippen LogP contribution in [0.1, 0.15) is 25.8 Å². The van der Waals surface area contributed by atoms with Crippen LogP contribution >= 0.6 is 11.8 Å². The van der Waals surface area contributed by atoms with Crippen LogP contribution in [0.2, 0.25) is 0 Å². The fourth-order valence-electron chi connectivity index (χ4n) is 3.72. The van der Waals surface area contributed by atoms with Crippen molar-refractivity contribution in [2.75, 3.05) is 15.5 Å². The Balaban J connectivity index is 1.61. The molecule has 0 fully saturated rings. The minimum Gasteiger partial charge on any atom is -0.350 e. The van der Waals surface area contributed by atoms with Gasteiger partial charge in [-0.05, 0) is 66.6 Å². The molecule has 1 heterocycles. The molecule has 196 valence electrons. The monoisotopic (exact) mass is 539 g/mol. The number of carbonyl (C=O) groups excluding carboxylic acids is 3. The summed E-state index contributed by atoms with van der Waals surface area (Å²) < 4.78 is 39.1. The third-order valence-corrected chi connectivity index (χ3v) is 6.58. The minimum atomic E-state index is -4.54. The number of imide groups is 1. The van der Waals surface area contributed by atoms with Crippen molar-refractivity contribution in [1.82, 2.24) is 0 Å². The van der Waals surface area contributed by atoms with E-state index in [4.69, 9.17) is 0 Å². The molecule has 0 radical (unpaired) electrons. The molecule has 4 rings (SSSR count). The van der Waals surface area contributed by atoms with E-state index >= 15 is 0 Å². The molecule has 1 aliphatic heterocycles. The van der Waals surface area contributed by atoms with Crippen LogP contribution in [0.4, 0.5) is 30.2 Å². The summed E-state index contributed by atoms with van der Waals surface area (Å²) in [5.41, 5.74) is 0.321. The molecule has 3 amide bonds. The van der Waals surface area contributed by atoms with Crippen LogP contribution in [-0.4, -0.2) is 17.7 Å². The lowest BCUT2D eigenvalue weighted by atomic mass is 10.1. The number of carbonyl (C=O) groups is 3. The Morgan fingerprint density at radius 2 is 1.50 bits per heavy atom. The fraction of sp³-hybridized carbons (Fsp3) is 0.179. The van der Waals surface area contributed by atoms with Gasteiger partial charge < -0.3 is 10.6 Å². The highest BCUT2D eigenvalue weighted by Gasteiger charge is 2.40. The number of halogens is 3. The smallest absolute Gasteiger partial charge is 0.350 e. The molecular weight excluding hydrogens is 515 g/mol. The SMILES string of the molecule is CC(C)CC(=O)Nc1ccc(SC2=C(Nc3ccccc3)C(=O)N(c3ccc(C(F)(F)F)cc3)C2=O)cc1. The Hall–Kier alpha value is -4.05. The van der Waals surface area contributed by atoms with Crippen molar-refractivity contribution in [3.05, 3.63) is 95.0 Å². The van der Waals surface area contributed by atoms with Crippen molar-refractivity contribution in [1.29, 1.82) is 0 Å². The van der Waals surface area contributed by atoms with Gasteiger partial charge in [0.15, 0.2) is 0 Å². The Bertz CT molecular complexity index is 1370. The highest BCUT2D eigenvalue weighted by atomic mass is 32.2. The van der Waals surface area contributed by atoms with Crippen molar-refractivity contribution >= 4 is 46.5 Å². The number of thioether (sulfide) groups is 1. The summed E-state index contributed by atoms with van der Waals surface area (Å²) in [6.07, 6.45) is -4.16. The first-order valence-electron chi connectivity index (χ1n) is 11.7. The predicted molar refractivity (Wildman–Crippen MR) is 141 cm³/mol. The fourth-order valence-corrected chi connectivity index (χ4v) is 4.65. The number of anilines is 3. The van der Waals surface area contributed by atoms with Gasteiger partial charge in [-0.25, -0.2) is 4.90 Å². The summed E-state index contributed by atoms with van der Waals surface area (Å²) in [7, 11) is 0. The molecule has 0 unspecified atom stereocenters. The molecule has 0 aliphatic carbocycles. The van der Waals surface area contributed by atoms with E-state index in [0.717, 1.165) is 40.9 Å². The zero-order valence-corrected chi connectivity index (χ0v) is 21.3. The van der Waals surface area contributed by atoms with Gasteiger partial charge in [0, 0.05) is 22.7 Å². The predicted octanol–water partition coefficient (Wildman–Crippen LogP) is 6.68. The molecule has 10 heteroatoms. The molecule has 1 aliphatic rings. The van der Waals surface area contributed by atoms with Gasteiger partial charge in [0.25, 0.3) is 11.8 Å². The number of nitrogens with zero attached hydrogens (tertiary/aromatic N) is 1. The average molecular weight is 540 g/mol. The van der Waals surface area contributed by atoms with Crippen LogP contribution in [-0.2, 0) is 20.6 Å². The number of amides is 3. The number of rotatable bonds is 8. The van der Waals surface area contributed by atoms with Gasteiger partial charge in [-0.1, -0.05) is 43.8 Å². The summed E-state index contributed by atoms with van der Waals surface area (Å²) in [6.45, 7) is 3.89. The summed E-state index contributed by atoms with van der Waals surface area (Å²) in [6, 6.07) is 19.4. The third-order valence-electron chi connectivity index (χ3n) is 5.49. The van der Waals surface area contributed by atoms with Gasteiger partial charge >= 0.3 is 6.18 Å². The van der Waals surface area contributed by atoms with Crippen molar-refractivity contribution in [2.24, 2.45) is 5.92 Å². The Labute approximate surface area is 221 Å². The summed E-state index contributed by atoms with van der Waals surface area (Å²) in [5.74, 6) is -1.24. The van der Waals surface area contributed by atoms with Crippen molar-refractivity contribution in [2.45, 2.75) is 31.3 Å². The van der Waals surface area contributed by atoms with Crippen LogP contribution in [0.3, 0.4) is 0 Å². The molecule has 6 nitrogen and oxygen atoms in total. The first-order valence-corrected chi connectivity index (χ1v) is 12.5. The van der Waals surface area contributed by atoms with Crippen LogP contribution in [0.15, 0.2) is 94.4 Å². The molecule has 38 heavy (non-hydrogen) atoms. The van der Waals surface area contributed by atoms with Crippen molar-refractivity contribution in [3.8, 4) is 0 Å². The quantitative estimate of drug-likeness (QED) is 0.312. The van der Waals surface area contributed by atoms with E-state index in [9.17, 15) is 27.6 Å². The highest BCUT2D eigenvalue weighted by molar-refractivity contribution is 8.04. The lowest BCUT2D eigenvalue weighted by Crippen LogP contribution is -2.32. The summed E-state index contributed by atoms with van der Waals surface area (Å²) in [5, 5.41) is 5.81. The first-order chi connectivity index (χ1) is 18.0. The zero-order valence-electron chi connectivity index (χ0n) is 20.5. The van der Waals surface area contributed by atoms with Gasteiger partial charge in [-0.15, -0.1) is 0 Å². The molecule has 0 aromatic heterocycles. The van der Waals surface area contributed by atoms with Gasteiger partial charge in [0.2, 0.25) is 5.91 Å². The minimum absolute atomic E-state index is 0.0143. The lowest BCUT2D eigenvalue weighted by Gasteiger charge is -2.16. The molecule has 0 spiro atoms. The summed E-state index contributed by atoms with van der Waals surface area (Å²) >= 11 is 1.05. The molecule has 0 bridgehead atoms. The Kier molecular flexibility index (Phi) is 7.91. The standard InChI is InChI=1S/C28H24F3N3O3S/c1-17(2)16-23(35)32-20-10-14-22(15-11-20)38-25-24(33-19-6-4-3-5-7-19)26(36)34(27(25)37)21-12-8-18(9-13-21)28(29,30)31/h3-15,17,33H,16H2,1-2H3,(H,32,35). The lowest BCUT2D eigenvalue weighted by molar-refractivity contribution is -0.137. The van der Waals surface area contributed by atoms with Gasteiger partial charge in [-0.3, -0.25) is 14.4 Å². The molecule has 2 N–H and O–H groups in total. The second-order valence-corrected chi connectivity index (χ2v) is 10.0. The number of hydrogen-bond donors (Lipinski definition) is 2. The van der Waals surface area contributed by atoms with Crippen molar-refractivity contribution < 1.29 is 27.6 Å². The maximum Gasteiger partial charge on any atom is 0.416 e. The normalized spacial score (nSPS) is 13.9. The number of benzene rings is 3. The molecule has 3 aromatic rings. The second kappa shape index (κ2) is 11.1. The van der Waals surface area contributed by atoms with E-state index in [2.05, 4.69) is 10.6 Å². The van der Waals surface area contributed by atoms with Crippen LogP contribution < -0.4 is 15.5 Å². The van der Waals surface area contributed by atoms with Crippen LogP contribution in [0.5, 0.6) is 0 Å². The van der Waals surface area contributed by atoms with Gasteiger partial charge in [0.05, 0.1) is 11.3 Å². The van der Waals surface area contributed by atoms with E-state index in [-0.39, 0.29) is 28.1 Å². The number of alkyl halides is 3. The Morgan fingerprint density at radius 3 is 2.08 bits per heavy atom. The number of para-hydroxylation sites is 1. The highest BCUT2D eigenvalue weighted by Crippen LogP contribution is 2.39. The van der Waals surface area contributed by atoms with E-state index < -0.39 is 23.6 Å². The average Bonchev–Trinajstić information content (AvgIpc) is 3.08. The zero-order chi connectivity index (χ0) is 27.4. The van der Waals surface area contributed by atoms with Gasteiger partial charge in [0.1, 0.15) is 10.6 Å². The molecule has 3 aromatic carbocycles. The molecule has 0 saturated carbocycles. The summed E-state index contributed by atoms with van der Waals surface area (Å²) in [4.78, 5) is 40.4. The van der Waals surface area contributed by atoms with Crippen LogP contribution in [0.25, 0.3) is 0 Å². The molecule has 0 atom stereocenters. The molecular formula is C28H24F3N3O3S. The number of hydrogen-bond acceptors (Lipinski definition) is 5. The van der Waals surface area contributed by atoms with Crippen molar-refractivity contribution in [3.63, 3.8) is 0 Å². The van der Waals surface area contributed by atoms with Crippen LogP contribution in [0, 0.1) is 5.92 Å². The largest absolute Gasteiger partial charge is 0.416 e. The number of nitrogens with one attached hydrogen (secondary N) is 2. The van der Waals surface area contributed by atoms with E-state index in [1.807, 2.05) is 13.8 Å². The van der Waals surface area contributed by atoms with Gasteiger partial charge in [-0.2, -0.15) is 13.2 Å². The first kappa shape index (κ1) is 27.0. The van der Waals surface area contributed by atoms with E-state index in [1.165, 1.54) is 0 Å². The van der Waals surface area contributed by atoms with E-state index in [1.54, 1.807) is 54.6 Å². The Morgan fingerprint density at radius 1 is 0.868 bits per heavy atom. The topological polar surface area (TPSA) is 78.5 Å². The third kappa shape index (κ3) is 6.25. The maximum atomic E-state index is 13.4. The second-order valence-electron chi connectivity index (χ2n) is 8.96. The van der Waals surface area contributed by atoms with E-state index in [0.29, 0.717) is 22.7 Å².